The van der Waals surface area contributed by atoms with Crippen LogP contribution in [-0.2, 0) is 11.2 Å². The van der Waals surface area contributed by atoms with Gasteiger partial charge in [-0.2, -0.15) is 0 Å². The van der Waals surface area contributed by atoms with Crippen molar-refractivity contribution in [3.63, 3.8) is 0 Å². The van der Waals surface area contributed by atoms with E-state index in [1.165, 1.54) is 54.1 Å². The van der Waals surface area contributed by atoms with E-state index in [9.17, 15) is 0 Å². The normalized spacial score (nSPS) is 27.2. The molecule has 1 aliphatic carbocycles. The van der Waals surface area contributed by atoms with Gasteiger partial charge in [-0.15, -0.1) is 11.3 Å². The summed E-state index contributed by atoms with van der Waals surface area (Å²) in [4.78, 5) is 6.51. The highest BCUT2D eigenvalue weighted by molar-refractivity contribution is 7.11. The van der Waals surface area contributed by atoms with Crippen LogP contribution in [0, 0.1) is 0 Å². The zero-order chi connectivity index (χ0) is 13.1. The molecule has 2 atom stereocenters. The van der Waals surface area contributed by atoms with Crippen LogP contribution in [0.1, 0.15) is 66.6 Å². The molecular weight excluding hydrogens is 256 g/mol. The molecule has 0 radical (unpaired) electrons. The van der Waals surface area contributed by atoms with Gasteiger partial charge in [0, 0.05) is 17.4 Å². The SMILES string of the molecule is CCCNC1CCCc2sc(C3CCCOC3)nc21. The number of nitrogens with zero attached hydrogens (tertiary/aromatic N) is 1. The van der Waals surface area contributed by atoms with Crippen molar-refractivity contribution in [3.8, 4) is 0 Å². The summed E-state index contributed by atoms with van der Waals surface area (Å²) in [5.41, 5.74) is 1.35. The fraction of sp³-hybridized carbons (Fsp3) is 0.800. The number of aromatic nitrogens is 1. The number of ether oxygens (including phenoxy) is 1. The van der Waals surface area contributed by atoms with Crippen LogP contribution >= 0.6 is 11.3 Å². The lowest BCUT2D eigenvalue weighted by Crippen LogP contribution is -2.25. The molecule has 0 saturated carbocycles. The first-order valence-corrected chi connectivity index (χ1v) is 8.50. The molecule has 1 saturated heterocycles. The Morgan fingerprint density at radius 3 is 3.11 bits per heavy atom. The molecular formula is C15H24N2OS. The van der Waals surface area contributed by atoms with Gasteiger partial charge in [-0.1, -0.05) is 6.92 Å². The van der Waals surface area contributed by atoms with Crippen LogP contribution in [0.15, 0.2) is 0 Å². The second-order valence-electron chi connectivity index (χ2n) is 5.67. The summed E-state index contributed by atoms with van der Waals surface area (Å²) < 4.78 is 5.61. The largest absolute Gasteiger partial charge is 0.381 e. The van der Waals surface area contributed by atoms with E-state index >= 15 is 0 Å². The third kappa shape index (κ3) is 3.01. The number of hydrogen-bond acceptors (Lipinski definition) is 4. The van der Waals surface area contributed by atoms with Gasteiger partial charge in [0.25, 0.3) is 0 Å². The molecule has 1 fully saturated rings. The third-order valence-electron chi connectivity index (χ3n) is 4.12. The van der Waals surface area contributed by atoms with Gasteiger partial charge >= 0.3 is 0 Å². The zero-order valence-corrected chi connectivity index (χ0v) is 12.6. The van der Waals surface area contributed by atoms with E-state index in [0.29, 0.717) is 12.0 Å². The molecule has 2 aliphatic rings. The molecule has 3 rings (SSSR count). The second kappa shape index (κ2) is 6.33. The van der Waals surface area contributed by atoms with E-state index in [2.05, 4.69) is 12.2 Å². The third-order valence-corrected chi connectivity index (χ3v) is 5.41. The molecule has 0 amide bonds. The fourth-order valence-electron chi connectivity index (χ4n) is 3.06. The molecule has 0 aromatic carbocycles. The first-order chi connectivity index (χ1) is 9.38. The standard InChI is InChI=1S/C15H24N2OS/c1-2-8-16-12-6-3-7-13-14(12)17-15(19-13)11-5-4-9-18-10-11/h11-12,16H,2-10H2,1H3. The van der Waals surface area contributed by atoms with Crippen molar-refractivity contribution >= 4 is 11.3 Å². The number of nitrogens with one attached hydrogen (secondary N) is 1. The highest BCUT2D eigenvalue weighted by Crippen LogP contribution is 2.37. The summed E-state index contributed by atoms with van der Waals surface area (Å²) in [5.74, 6) is 0.552. The van der Waals surface area contributed by atoms with Crippen molar-refractivity contribution in [1.82, 2.24) is 10.3 Å². The van der Waals surface area contributed by atoms with E-state index < -0.39 is 0 Å². The van der Waals surface area contributed by atoms with Gasteiger partial charge in [0.05, 0.1) is 23.4 Å². The van der Waals surface area contributed by atoms with Crippen LogP contribution in [0.2, 0.25) is 0 Å². The average Bonchev–Trinajstić information content (AvgIpc) is 2.90. The van der Waals surface area contributed by atoms with Gasteiger partial charge in [-0.3, -0.25) is 0 Å². The van der Waals surface area contributed by atoms with Crippen LogP contribution in [0.3, 0.4) is 0 Å². The van der Waals surface area contributed by atoms with Gasteiger partial charge < -0.3 is 10.1 Å². The molecule has 19 heavy (non-hydrogen) atoms. The minimum atomic E-state index is 0.498. The maximum atomic E-state index is 5.61. The predicted molar refractivity (Wildman–Crippen MR) is 78.9 cm³/mol. The molecule has 0 spiro atoms. The molecule has 1 aromatic rings. The second-order valence-corrected chi connectivity index (χ2v) is 6.79. The number of aryl methyl sites for hydroxylation is 1. The van der Waals surface area contributed by atoms with Crippen LogP contribution < -0.4 is 5.32 Å². The van der Waals surface area contributed by atoms with Gasteiger partial charge in [-0.25, -0.2) is 4.98 Å². The Morgan fingerprint density at radius 1 is 1.37 bits per heavy atom. The van der Waals surface area contributed by atoms with Crippen molar-refractivity contribution in [3.05, 3.63) is 15.6 Å². The number of thiazole rings is 1. The summed E-state index contributed by atoms with van der Waals surface area (Å²) >= 11 is 1.95. The van der Waals surface area contributed by atoms with Gasteiger partial charge in [0.2, 0.25) is 0 Å². The van der Waals surface area contributed by atoms with Gasteiger partial charge in [0.15, 0.2) is 0 Å². The average molecular weight is 280 g/mol. The summed E-state index contributed by atoms with van der Waals surface area (Å²) in [5, 5.41) is 4.99. The monoisotopic (exact) mass is 280 g/mol. The first kappa shape index (κ1) is 13.5. The van der Waals surface area contributed by atoms with Crippen LogP contribution in [0.25, 0.3) is 0 Å². The Labute approximate surface area is 119 Å². The molecule has 1 aromatic heterocycles. The van der Waals surface area contributed by atoms with E-state index in [4.69, 9.17) is 9.72 Å². The van der Waals surface area contributed by atoms with E-state index in [-0.39, 0.29) is 0 Å². The van der Waals surface area contributed by atoms with Crippen molar-refractivity contribution < 1.29 is 4.74 Å². The Kier molecular flexibility index (Phi) is 4.51. The maximum absolute atomic E-state index is 5.61. The first-order valence-electron chi connectivity index (χ1n) is 7.69. The Balaban J connectivity index is 1.76. The fourth-order valence-corrected chi connectivity index (χ4v) is 4.35. The topological polar surface area (TPSA) is 34.1 Å². The Morgan fingerprint density at radius 2 is 2.32 bits per heavy atom. The van der Waals surface area contributed by atoms with Crippen molar-refractivity contribution in [1.29, 1.82) is 0 Å². The van der Waals surface area contributed by atoms with E-state index in [1.807, 2.05) is 11.3 Å². The predicted octanol–water partition coefficient (Wildman–Crippen LogP) is 3.41. The minimum absolute atomic E-state index is 0.498. The van der Waals surface area contributed by atoms with Gasteiger partial charge in [0.1, 0.15) is 0 Å². The lowest BCUT2D eigenvalue weighted by molar-refractivity contribution is 0.0803. The quantitative estimate of drug-likeness (QED) is 0.917. The molecule has 4 heteroatoms. The van der Waals surface area contributed by atoms with E-state index in [1.54, 1.807) is 0 Å². The zero-order valence-electron chi connectivity index (χ0n) is 11.8. The van der Waals surface area contributed by atoms with Crippen molar-refractivity contribution in [2.24, 2.45) is 0 Å². The highest BCUT2D eigenvalue weighted by Gasteiger charge is 2.27. The molecule has 3 nitrogen and oxygen atoms in total. The minimum Gasteiger partial charge on any atom is -0.381 e. The summed E-state index contributed by atoms with van der Waals surface area (Å²) in [6, 6.07) is 0.498. The summed E-state index contributed by atoms with van der Waals surface area (Å²) in [7, 11) is 0. The van der Waals surface area contributed by atoms with Crippen LogP contribution in [-0.4, -0.2) is 24.7 Å². The van der Waals surface area contributed by atoms with Crippen LogP contribution in [0.4, 0.5) is 0 Å². The summed E-state index contributed by atoms with van der Waals surface area (Å²) in [6.07, 6.45) is 7.41. The Hall–Kier alpha value is -0.450. The number of rotatable bonds is 4. The van der Waals surface area contributed by atoms with Crippen LogP contribution in [0.5, 0.6) is 0 Å². The number of hydrogen-bond donors (Lipinski definition) is 1. The van der Waals surface area contributed by atoms with Crippen molar-refractivity contribution in [2.75, 3.05) is 19.8 Å². The summed E-state index contributed by atoms with van der Waals surface area (Å²) in [6.45, 7) is 5.13. The molecule has 2 unspecified atom stereocenters. The van der Waals surface area contributed by atoms with E-state index in [0.717, 1.165) is 19.8 Å². The lowest BCUT2D eigenvalue weighted by atomic mass is 9.97. The molecule has 1 N–H and O–H groups in total. The lowest BCUT2D eigenvalue weighted by Gasteiger charge is -2.22. The highest BCUT2D eigenvalue weighted by atomic mass is 32.1. The molecule has 0 bridgehead atoms. The molecule has 2 heterocycles. The molecule has 106 valence electrons. The molecule has 1 aliphatic heterocycles. The van der Waals surface area contributed by atoms with Crippen molar-refractivity contribution in [2.45, 2.75) is 57.4 Å². The number of fused-ring (bicyclic) bond motifs is 1. The Bertz CT molecular complexity index is 412. The van der Waals surface area contributed by atoms with Gasteiger partial charge in [-0.05, 0) is 45.1 Å². The maximum Gasteiger partial charge on any atom is 0.0985 e. The smallest absolute Gasteiger partial charge is 0.0985 e.